The zero-order chi connectivity index (χ0) is 48.6. The number of hydrogen-bond donors (Lipinski definition) is 4. The molecular weight excluding hydrogens is 823 g/mol. The van der Waals surface area contributed by atoms with E-state index in [-0.39, 0.29) is 6.61 Å². The Kier molecular flexibility index (Phi) is 56.9. The molecule has 0 radical (unpaired) electrons. The van der Waals surface area contributed by atoms with E-state index in [9.17, 15) is 20.1 Å². The largest absolute Gasteiger partial charge is 0.394 e. The fourth-order valence-corrected chi connectivity index (χ4v) is 10.1. The minimum absolute atomic E-state index is 0.358. The van der Waals surface area contributed by atoms with Crippen molar-refractivity contribution in [1.29, 1.82) is 0 Å². The zero-order valence-corrected chi connectivity index (χ0v) is 45.8. The molecule has 400 valence electrons. The van der Waals surface area contributed by atoms with Crippen LogP contribution >= 0.6 is 0 Å². The van der Waals surface area contributed by atoms with Gasteiger partial charge in [-0.25, -0.2) is 0 Å². The first-order valence-electron chi connectivity index (χ1n) is 31.0. The number of hydrogen-bond acceptors (Lipinski definition) is 4. The molecule has 0 heterocycles. The molecule has 0 aliphatic heterocycles. The Morgan fingerprint density at radius 1 is 0.358 bits per heavy atom. The molecule has 0 aromatic rings. The Balaban J connectivity index is 3.46. The second-order valence-corrected chi connectivity index (χ2v) is 21.6. The summed E-state index contributed by atoms with van der Waals surface area (Å²) in [7, 11) is 0. The van der Waals surface area contributed by atoms with Crippen molar-refractivity contribution in [3.63, 3.8) is 0 Å². The van der Waals surface area contributed by atoms with Crippen molar-refractivity contribution in [1.82, 2.24) is 5.32 Å². The average Bonchev–Trinajstić information content (AvgIpc) is 3.33. The summed E-state index contributed by atoms with van der Waals surface area (Å²) in [5.74, 6) is -0.495. The fraction of sp³-hybridized carbons (Fsp3) is 0.952. The molecule has 5 heteroatoms. The molecular formula is C62H123NO4. The molecule has 4 N–H and O–H groups in total. The fourth-order valence-electron chi connectivity index (χ4n) is 10.1. The lowest BCUT2D eigenvalue weighted by Crippen LogP contribution is -2.48. The first kappa shape index (κ1) is 66.1. The quantitative estimate of drug-likeness (QED) is 0.0361. The minimum atomic E-state index is -1.09. The van der Waals surface area contributed by atoms with E-state index in [1.54, 1.807) is 6.08 Å². The van der Waals surface area contributed by atoms with Crippen LogP contribution in [0.3, 0.4) is 0 Å². The smallest absolute Gasteiger partial charge is 0.249 e. The summed E-state index contributed by atoms with van der Waals surface area (Å²) in [6.07, 6.45) is 73.2. The molecule has 0 rings (SSSR count). The van der Waals surface area contributed by atoms with E-state index in [4.69, 9.17) is 0 Å². The van der Waals surface area contributed by atoms with Crippen LogP contribution in [0, 0.1) is 0 Å². The molecule has 0 saturated carbocycles. The van der Waals surface area contributed by atoms with Gasteiger partial charge < -0.3 is 20.6 Å². The highest BCUT2D eigenvalue weighted by atomic mass is 16.3. The summed E-state index contributed by atoms with van der Waals surface area (Å²) >= 11 is 0. The van der Waals surface area contributed by atoms with Crippen LogP contribution in [-0.2, 0) is 4.79 Å². The summed E-state index contributed by atoms with van der Waals surface area (Å²) in [6, 6.07) is -0.794. The number of aliphatic hydroxyl groups is 3. The monoisotopic (exact) mass is 946 g/mol. The van der Waals surface area contributed by atoms with Crippen molar-refractivity contribution in [3.8, 4) is 0 Å². The molecule has 0 fully saturated rings. The maximum absolute atomic E-state index is 12.6. The van der Waals surface area contributed by atoms with Crippen LogP contribution < -0.4 is 5.32 Å². The topological polar surface area (TPSA) is 89.8 Å². The van der Waals surface area contributed by atoms with E-state index >= 15 is 0 Å². The lowest BCUT2D eigenvalue weighted by Gasteiger charge is -2.21. The van der Waals surface area contributed by atoms with E-state index in [1.807, 2.05) is 6.08 Å². The third-order valence-electron chi connectivity index (χ3n) is 14.9. The van der Waals surface area contributed by atoms with Crippen molar-refractivity contribution in [2.24, 2.45) is 0 Å². The van der Waals surface area contributed by atoms with Crippen LogP contribution in [-0.4, -0.2) is 46.1 Å². The van der Waals surface area contributed by atoms with Crippen molar-refractivity contribution >= 4 is 5.91 Å². The molecule has 5 nitrogen and oxygen atoms in total. The molecule has 0 spiro atoms. The highest BCUT2D eigenvalue weighted by molar-refractivity contribution is 5.80. The van der Waals surface area contributed by atoms with Gasteiger partial charge in [-0.2, -0.15) is 0 Å². The van der Waals surface area contributed by atoms with Gasteiger partial charge in [0.1, 0.15) is 6.10 Å². The molecule has 0 saturated heterocycles. The Bertz CT molecular complexity index is 956. The van der Waals surface area contributed by atoms with Crippen molar-refractivity contribution < 1.29 is 20.1 Å². The molecule has 67 heavy (non-hydrogen) atoms. The van der Waals surface area contributed by atoms with Gasteiger partial charge in [-0.3, -0.25) is 4.79 Å². The third kappa shape index (κ3) is 52.7. The number of aliphatic hydroxyl groups excluding tert-OH is 3. The highest BCUT2D eigenvalue weighted by Gasteiger charge is 2.22. The van der Waals surface area contributed by atoms with Gasteiger partial charge in [0, 0.05) is 0 Å². The number of nitrogens with one attached hydrogen (secondary N) is 1. The average molecular weight is 947 g/mol. The highest BCUT2D eigenvalue weighted by Crippen LogP contribution is 2.19. The van der Waals surface area contributed by atoms with Crippen LogP contribution in [0.2, 0.25) is 0 Å². The lowest BCUT2D eigenvalue weighted by molar-refractivity contribution is -0.131. The standard InChI is InChI=1S/C62H123NO4/c1-3-5-7-9-11-13-15-17-19-21-23-24-25-26-27-28-29-30-31-32-33-34-35-36-37-39-41-43-45-47-49-51-53-55-57-61(66)62(67)63-59(58-64)60(65)56-54-52-50-48-46-44-42-40-38-22-20-18-16-14-12-10-8-6-4-2/h54,56,59-61,64-66H,3-53,55,57-58H2,1-2H3,(H,63,67)/b56-54+. The predicted molar refractivity (Wildman–Crippen MR) is 296 cm³/mol. The Labute approximate surface area is 420 Å². The van der Waals surface area contributed by atoms with Crippen molar-refractivity contribution in [2.75, 3.05) is 6.61 Å². The second kappa shape index (κ2) is 57.7. The number of unbranched alkanes of at least 4 members (excludes halogenated alkanes) is 50. The number of carbonyl (C=O) groups is 1. The van der Waals surface area contributed by atoms with Crippen molar-refractivity contribution in [2.45, 2.75) is 372 Å². The molecule has 0 aromatic heterocycles. The Morgan fingerprint density at radius 3 is 0.821 bits per heavy atom. The number of carbonyl (C=O) groups excluding carboxylic acids is 1. The van der Waals surface area contributed by atoms with Gasteiger partial charge in [0.15, 0.2) is 0 Å². The van der Waals surface area contributed by atoms with E-state index in [1.165, 1.54) is 302 Å². The molecule has 3 unspecified atom stereocenters. The predicted octanol–water partition coefficient (Wildman–Crippen LogP) is 19.5. The first-order valence-corrected chi connectivity index (χ1v) is 31.0. The summed E-state index contributed by atoms with van der Waals surface area (Å²) in [4.78, 5) is 12.6. The van der Waals surface area contributed by atoms with Gasteiger partial charge in [0.25, 0.3) is 0 Å². The Morgan fingerprint density at radius 2 is 0.582 bits per heavy atom. The first-order chi connectivity index (χ1) is 33.1. The number of rotatable bonds is 58. The van der Waals surface area contributed by atoms with Crippen LogP contribution in [0.5, 0.6) is 0 Å². The summed E-state index contributed by atoms with van der Waals surface area (Å²) in [5, 5.41) is 33.4. The maximum Gasteiger partial charge on any atom is 0.249 e. The van der Waals surface area contributed by atoms with Gasteiger partial charge in [0.2, 0.25) is 5.91 Å². The summed E-state index contributed by atoms with van der Waals surface area (Å²) in [6.45, 7) is 4.23. The normalized spacial score (nSPS) is 13.2. The molecule has 0 aliphatic carbocycles. The molecule has 0 aromatic carbocycles. The van der Waals surface area contributed by atoms with E-state index in [2.05, 4.69) is 19.2 Å². The maximum atomic E-state index is 12.6. The van der Waals surface area contributed by atoms with Gasteiger partial charge in [-0.05, 0) is 19.3 Å². The second-order valence-electron chi connectivity index (χ2n) is 21.6. The summed E-state index contributed by atoms with van der Waals surface area (Å²) < 4.78 is 0. The van der Waals surface area contributed by atoms with Crippen LogP contribution in [0.15, 0.2) is 12.2 Å². The lowest BCUT2D eigenvalue weighted by atomic mass is 10.0. The summed E-state index contributed by atoms with van der Waals surface area (Å²) in [5.41, 5.74) is 0. The van der Waals surface area contributed by atoms with E-state index < -0.39 is 24.2 Å². The third-order valence-corrected chi connectivity index (χ3v) is 14.9. The van der Waals surface area contributed by atoms with E-state index in [0.29, 0.717) is 6.42 Å². The van der Waals surface area contributed by atoms with Crippen LogP contribution in [0.1, 0.15) is 354 Å². The van der Waals surface area contributed by atoms with Gasteiger partial charge in [0.05, 0.1) is 18.8 Å². The van der Waals surface area contributed by atoms with Gasteiger partial charge >= 0.3 is 0 Å². The Hall–Kier alpha value is -0.910. The molecule has 1 amide bonds. The SMILES string of the molecule is CCCCCCCCCCCCCCCCCCC/C=C/C(O)C(CO)NC(=O)C(O)CCCCCCCCCCCCCCCCCCCCCCCCCCCCCCCCCCCC. The van der Waals surface area contributed by atoms with Gasteiger partial charge in [-0.15, -0.1) is 0 Å². The van der Waals surface area contributed by atoms with Gasteiger partial charge in [-0.1, -0.05) is 347 Å². The van der Waals surface area contributed by atoms with Crippen LogP contribution in [0.25, 0.3) is 0 Å². The zero-order valence-electron chi connectivity index (χ0n) is 45.8. The van der Waals surface area contributed by atoms with E-state index in [0.717, 1.165) is 32.1 Å². The minimum Gasteiger partial charge on any atom is -0.394 e. The van der Waals surface area contributed by atoms with Crippen molar-refractivity contribution in [3.05, 3.63) is 12.2 Å². The number of allylic oxidation sites excluding steroid dienone is 1. The molecule has 3 atom stereocenters. The van der Waals surface area contributed by atoms with Crippen LogP contribution in [0.4, 0.5) is 0 Å². The molecule has 0 bridgehead atoms. The number of amides is 1. The molecule has 0 aliphatic rings.